The first-order chi connectivity index (χ1) is 7.18. The lowest BCUT2D eigenvalue weighted by Crippen LogP contribution is -2.36. The van der Waals surface area contributed by atoms with Crippen molar-refractivity contribution in [2.24, 2.45) is 11.7 Å². The molecule has 0 heterocycles. The predicted octanol–water partition coefficient (Wildman–Crippen LogP) is 3.66. The molecule has 1 aromatic rings. The third kappa shape index (κ3) is 2.47. The maximum Gasteiger partial charge on any atom is 0.0453 e. The van der Waals surface area contributed by atoms with Gasteiger partial charge in [-0.1, -0.05) is 35.7 Å². The van der Waals surface area contributed by atoms with E-state index in [-0.39, 0.29) is 6.04 Å². The molecule has 2 N–H and O–H groups in total. The second-order valence-electron chi connectivity index (χ2n) is 4.26. The Morgan fingerprint density at radius 3 is 2.33 bits per heavy atom. The molecule has 3 heteroatoms. The molecule has 2 rings (SSSR count). The zero-order valence-corrected chi connectivity index (χ0v) is 10.1. The Bertz CT molecular complexity index is 327. The molecule has 0 radical (unpaired) electrons. The molecule has 1 atom stereocenters. The first-order valence-electron chi connectivity index (χ1n) is 5.37. The largest absolute Gasteiger partial charge is 0.327 e. The van der Waals surface area contributed by atoms with E-state index in [9.17, 15) is 0 Å². The standard InChI is InChI=1S/C12H15Cl2N/c13-10-5-2-6-11(14)9(10)7-12(15)8-3-1-4-8/h2,5-6,8,12H,1,3-4,7,15H2. The summed E-state index contributed by atoms with van der Waals surface area (Å²) in [4.78, 5) is 0. The van der Waals surface area contributed by atoms with E-state index in [1.54, 1.807) is 0 Å². The Morgan fingerprint density at radius 2 is 1.87 bits per heavy atom. The van der Waals surface area contributed by atoms with Gasteiger partial charge in [0.05, 0.1) is 0 Å². The molecule has 0 aromatic heterocycles. The molecule has 1 unspecified atom stereocenters. The van der Waals surface area contributed by atoms with Crippen molar-refractivity contribution in [1.29, 1.82) is 0 Å². The summed E-state index contributed by atoms with van der Waals surface area (Å²) < 4.78 is 0. The first-order valence-corrected chi connectivity index (χ1v) is 6.12. The number of halogens is 2. The zero-order valence-electron chi connectivity index (χ0n) is 8.55. The van der Waals surface area contributed by atoms with Gasteiger partial charge in [0.2, 0.25) is 0 Å². The van der Waals surface area contributed by atoms with Gasteiger partial charge in [-0.3, -0.25) is 0 Å². The van der Waals surface area contributed by atoms with Gasteiger partial charge in [0.15, 0.2) is 0 Å². The highest BCUT2D eigenvalue weighted by Crippen LogP contribution is 2.32. The van der Waals surface area contributed by atoms with Crippen LogP contribution in [0.3, 0.4) is 0 Å². The van der Waals surface area contributed by atoms with Crippen LogP contribution in [0.4, 0.5) is 0 Å². The highest BCUT2D eigenvalue weighted by atomic mass is 35.5. The summed E-state index contributed by atoms with van der Waals surface area (Å²) in [5.74, 6) is 0.664. The normalized spacial score (nSPS) is 18.6. The molecule has 82 valence electrons. The fraction of sp³-hybridized carbons (Fsp3) is 0.500. The third-order valence-electron chi connectivity index (χ3n) is 3.26. The molecule has 15 heavy (non-hydrogen) atoms. The van der Waals surface area contributed by atoms with Gasteiger partial charge in [-0.15, -0.1) is 0 Å². The summed E-state index contributed by atoms with van der Waals surface area (Å²) in [6.45, 7) is 0. The van der Waals surface area contributed by atoms with Crippen LogP contribution >= 0.6 is 23.2 Å². The Balaban J connectivity index is 2.09. The minimum Gasteiger partial charge on any atom is -0.327 e. The number of hydrogen-bond acceptors (Lipinski definition) is 1. The van der Waals surface area contributed by atoms with Gasteiger partial charge < -0.3 is 5.73 Å². The van der Waals surface area contributed by atoms with E-state index in [1.165, 1.54) is 19.3 Å². The zero-order chi connectivity index (χ0) is 10.8. The lowest BCUT2D eigenvalue weighted by atomic mass is 9.78. The molecule has 0 aliphatic heterocycles. The van der Waals surface area contributed by atoms with Crippen LogP contribution in [-0.4, -0.2) is 6.04 Å². The van der Waals surface area contributed by atoms with Crippen molar-refractivity contribution in [2.45, 2.75) is 31.7 Å². The quantitative estimate of drug-likeness (QED) is 0.862. The summed E-state index contributed by atoms with van der Waals surface area (Å²) in [6, 6.07) is 5.81. The van der Waals surface area contributed by atoms with Crippen molar-refractivity contribution in [3.05, 3.63) is 33.8 Å². The number of rotatable bonds is 3. The molecule has 0 bridgehead atoms. The topological polar surface area (TPSA) is 26.0 Å². The molecular formula is C12H15Cl2N. The Kier molecular flexibility index (Phi) is 3.55. The first kappa shape index (κ1) is 11.3. The predicted molar refractivity (Wildman–Crippen MR) is 65.5 cm³/mol. The van der Waals surface area contributed by atoms with Gasteiger partial charge in [0, 0.05) is 16.1 Å². The van der Waals surface area contributed by atoms with Gasteiger partial charge >= 0.3 is 0 Å². The van der Waals surface area contributed by atoms with E-state index < -0.39 is 0 Å². The van der Waals surface area contributed by atoms with Crippen molar-refractivity contribution in [3.8, 4) is 0 Å². The van der Waals surface area contributed by atoms with E-state index in [4.69, 9.17) is 28.9 Å². The summed E-state index contributed by atoms with van der Waals surface area (Å²) in [7, 11) is 0. The SMILES string of the molecule is NC(Cc1c(Cl)cccc1Cl)C1CCC1. The van der Waals surface area contributed by atoms with Gasteiger partial charge in [-0.25, -0.2) is 0 Å². The van der Waals surface area contributed by atoms with E-state index in [0.717, 1.165) is 22.0 Å². The van der Waals surface area contributed by atoms with Gasteiger partial charge in [-0.2, -0.15) is 0 Å². The smallest absolute Gasteiger partial charge is 0.0453 e. The summed E-state index contributed by atoms with van der Waals surface area (Å²) in [5, 5.41) is 1.47. The second kappa shape index (κ2) is 4.73. The molecule has 1 fully saturated rings. The Hall–Kier alpha value is -0.240. The highest BCUT2D eigenvalue weighted by molar-refractivity contribution is 6.35. The molecule has 0 saturated heterocycles. The molecule has 1 saturated carbocycles. The van der Waals surface area contributed by atoms with Crippen molar-refractivity contribution in [1.82, 2.24) is 0 Å². The second-order valence-corrected chi connectivity index (χ2v) is 5.07. The molecule has 1 nitrogen and oxygen atoms in total. The van der Waals surface area contributed by atoms with Crippen LogP contribution in [0.1, 0.15) is 24.8 Å². The molecule has 1 aliphatic rings. The highest BCUT2D eigenvalue weighted by Gasteiger charge is 2.25. The van der Waals surface area contributed by atoms with Crippen LogP contribution in [0.15, 0.2) is 18.2 Å². The van der Waals surface area contributed by atoms with E-state index in [1.807, 2.05) is 18.2 Å². The molecule has 1 aliphatic carbocycles. The average Bonchev–Trinajstić information content (AvgIpc) is 2.08. The van der Waals surface area contributed by atoms with Crippen LogP contribution in [-0.2, 0) is 6.42 Å². The van der Waals surface area contributed by atoms with Crippen LogP contribution in [0.5, 0.6) is 0 Å². The maximum atomic E-state index is 6.13. The number of benzene rings is 1. The monoisotopic (exact) mass is 243 g/mol. The fourth-order valence-electron chi connectivity index (χ4n) is 2.00. The molecular weight excluding hydrogens is 229 g/mol. The van der Waals surface area contributed by atoms with Crippen molar-refractivity contribution in [2.75, 3.05) is 0 Å². The summed E-state index contributed by atoms with van der Waals surface area (Å²) >= 11 is 12.2. The minimum atomic E-state index is 0.205. The van der Waals surface area contributed by atoms with Crippen molar-refractivity contribution >= 4 is 23.2 Å². The fourth-order valence-corrected chi connectivity index (χ4v) is 2.55. The summed E-state index contributed by atoms with van der Waals surface area (Å²) in [5.41, 5.74) is 7.13. The van der Waals surface area contributed by atoms with Crippen LogP contribution in [0, 0.1) is 5.92 Å². The molecule has 0 amide bonds. The van der Waals surface area contributed by atoms with E-state index in [0.29, 0.717) is 5.92 Å². The molecule has 1 aromatic carbocycles. The number of hydrogen-bond donors (Lipinski definition) is 1. The van der Waals surface area contributed by atoms with Crippen LogP contribution in [0.2, 0.25) is 10.0 Å². The lowest BCUT2D eigenvalue weighted by molar-refractivity contribution is 0.260. The van der Waals surface area contributed by atoms with E-state index in [2.05, 4.69) is 0 Å². The van der Waals surface area contributed by atoms with Gasteiger partial charge in [0.1, 0.15) is 0 Å². The number of nitrogens with two attached hydrogens (primary N) is 1. The third-order valence-corrected chi connectivity index (χ3v) is 3.97. The van der Waals surface area contributed by atoms with Crippen LogP contribution in [0.25, 0.3) is 0 Å². The summed E-state index contributed by atoms with van der Waals surface area (Å²) in [6.07, 6.45) is 4.62. The molecule has 0 spiro atoms. The van der Waals surface area contributed by atoms with E-state index >= 15 is 0 Å². The Labute approximate surface area is 101 Å². The van der Waals surface area contributed by atoms with Gasteiger partial charge in [0.25, 0.3) is 0 Å². The lowest BCUT2D eigenvalue weighted by Gasteiger charge is -2.31. The van der Waals surface area contributed by atoms with Gasteiger partial charge in [-0.05, 0) is 42.9 Å². The Morgan fingerprint density at radius 1 is 1.27 bits per heavy atom. The maximum absolute atomic E-state index is 6.13. The van der Waals surface area contributed by atoms with Crippen molar-refractivity contribution < 1.29 is 0 Å². The van der Waals surface area contributed by atoms with Crippen molar-refractivity contribution in [3.63, 3.8) is 0 Å². The van der Waals surface area contributed by atoms with Crippen LogP contribution < -0.4 is 5.73 Å². The minimum absolute atomic E-state index is 0.205. The average molecular weight is 244 g/mol.